The molecule has 0 unspecified atom stereocenters. The number of nitrogens with zero attached hydrogens (tertiary/aromatic N) is 1. The molecular weight excluding hydrogens is 284 g/mol. The maximum absolute atomic E-state index is 12.1. The Labute approximate surface area is 129 Å². The summed E-state index contributed by atoms with van der Waals surface area (Å²) in [5.41, 5.74) is 1.24. The average molecular weight is 304 g/mol. The number of esters is 1. The summed E-state index contributed by atoms with van der Waals surface area (Å²) in [6.07, 6.45) is 0.238. The van der Waals surface area contributed by atoms with Crippen molar-refractivity contribution in [3.63, 3.8) is 0 Å². The lowest BCUT2D eigenvalue weighted by atomic mass is 10.1. The number of anilines is 1. The molecule has 0 spiro atoms. The maximum atomic E-state index is 12.1. The molecule has 3 amide bonds. The molecule has 1 fully saturated rings. The van der Waals surface area contributed by atoms with Crippen molar-refractivity contribution in [2.45, 2.75) is 39.7 Å². The van der Waals surface area contributed by atoms with E-state index < -0.39 is 17.6 Å². The van der Waals surface area contributed by atoms with E-state index in [0.717, 1.165) is 5.56 Å². The van der Waals surface area contributed by atoms with Crippen LogP contribution in [0, 0.1) is 6.92 Å². The lowest BCUT2D eigenvalue weighted by molar-refractivity contribution is -0.120. The first-order valence-electron chi connectivity index (χ1n) is 7.13. The molecule has 0 saturated carbocycles. The lowest BCUT2D eigenvalue weighted by Gasteiger charge is -2.28. The van der Waals surface area contributed by atoms with Gasteiger partial charge in [-0.3, -0.25) is 15.0 Å². The van der Waals surface area contributed by atoms with Crippen LogP contribution < -0.4 is 10.2 Å². The van der Waals surface area contributed by atoms with Gasteiger partial charge in [0.25, 0.3) is 0 Å². The van der Waals surface area contributed by atoms with Crippen LogP contribution in [-0.2, 0) is 9.53 Å². The van der Waals surface area contributed by atoms with Crippen LogP contribution in [0.1, 0.15) is 43.1 Å². The number of hydrogen-bond donors (Lipinski definition) is 1. The van der Waals surface area contributed by atoms with Gasteiger partial charge in [-0.25, -0.2) is 9.59 Å². The van der Waals surface area contributed by atoms with Crippen LogP contribution in [0.25, 0.3) is 0 Å². The molecule has 1 aromatic carbocycles. The Hall–Kier alpha value is -2.37. The summed E-state index contributed by atoms with van der Waals surface area (Å²) >= 11 is 0. The van der Waals surface area contributed by atoms with Gasteiger partial charge in [-0.2, -0.15) is 0 Å². The molecule has 1 aromatic rings. The van der Waals surface area contributed by atoms with E-state index in [-0.39, 0.29) is 12.3 Å². The van der Waals surface area contributed by atoms with Gasteiger partial charge in [-0.05, 0) is 45.4 Å². The summed E-state index contributed by atoms with van der Waals surface area (Å²) in [4.78, 5) is 36.8. The molecule has 1 N–H and O–H groups in total. The molecule has 6 heteroatoms. The number of urea groups is 1. The summed E-state index contributed by atoms with van der Waals surface area (Å²) in [7, 11) is 0. The zero-order chi connectivity index (χ0) is 16.5. The Bertz CT molecular complexity index is 632. The lowest BCUT2D eigenvalue weighted by Crippen LogP contribution is -2.49. The second-order valence-corrected chi connectivity index (χ2v) is 6.26. The van der Waals surface area contributed by atoms with Gasteiger partial charge in [-0.1, -0.05) is 6.07 Å². The molecule has 1 heterocycles. The van der Waals surface area contributed by atoms with Crippen molar-refractivity contribution in [2.75, 3.05) is 11.4 Å². The van der Waals surface area contributed by atoms with Crippen LogP contribution >= 0.6 is 0 Å². The van der Waals surface area contributed by atoms with Crippen LogP contribution in [0.5, 0.6) is 0 Å². The molecule has 1 aliphatic heterocycles. The van der Waals surface area contributed by atoms with Crippen LogP contribution in [0.4, 0.5) is 10.5 Å². The molecule has 0 aromatic heterocycles. The Balaban J connectivity index is 2.29. The average Bonchev–Trinajstić information content (AvgIpc) is 2.38. The van der Waals surface area contributed by atoms with Gasteiger partial charge in [0.2, 0.25) is 5.91 Å². The Morgan fingerprint density at radius 2 is 1.95 bits per heavy atom. The van der Waals surface area contributed by atoms with Gasteiger partial charge < -0.3 is 4.74 Å². The predicted octanol–water partition coefficient (Wildman–Crippen LogP) is 2.40. The minimum absolute atomic E-state index is 0.238. The fourth-order valence-corrected chi connectivity index (χ4v) is 2.16. The van der Waals surface area contributed by atoms with E-state index in [9.17, 15) is 14.4 Å². The van der Waals surface area contributed by atoms with Crippen molar-refractivity contribution in [1.29, 1.82) is 0 Å². The summed E-state index contributed by atoms with van der Waals surface area (Å²) in [5.74, 6) is -0.732. The standard InChI is InChI=1S/C16H20N2O4/c1-10-5-6-11(14(20)22-16(2,3)4)9-12(10)18-8-7-13(19)17-15(18)21/h5-6,9H,7-8H2,1-4H3,(H,17,19,21). The van der Waals surface area contributed by atoms with E-state index in [1.807, 2.05) is 6.92 Å². The number of benzene rings is 1. The highest BCUT2D eigenvalue weighted by atomic mass is 16.6. The number of imide groups is 1. The number of nitrogens with one attached hydrogen (secondary N) is 1. The summed E-state index contributed by atoms with van der Waals surface area (Å²) in [5, 5.41) is 2.27. The maximum Gasteiger partial charge on any atom is 0.338 e. The van der Waals surface area contributed by atoms with Gasteiger partial charge in [0, 0.05) is 18.7 Å². The van der Waals surface area contributed by atoms with Crippen molar-refractivity contribution < 1.29 is 19.1 Å². The fraction of sp³-hybridized carbons (Fsp3) is 0.438. The molecular formula is C16H20N2O4. The van der Waals surface area contributed by atoms with Gasteiger partial charge in [0.05, 0.1) is 5.56 Å². The Morgan fingerprint density at radius 1 is 1.27 bits per heavy atom. The second kappa shape index (κ2) is 5.79. The number of carbonyl (C=O) groups excluding carboxylic acids is 3. The fourth-order valence-electron chi connectivity index (χ4n) is 2.16. The molecule has 0 bridgehead atoms. The first-order chi connectivity index (χ1) is 10.2. The minimum Gasteiger partial charge on any atom is -0.456 e. The molecule has 1 saturated heterocycles. The highest BCUT2D eigenvalue weighted by Crippen LogP contribution is 2.24. The highest BCUT2D eigenvalue weighted by Gasteiger charge is 2.26. The predicted molar refractivity (Wildman–Crippen MR) is 81.8 cm³/mol. The number of amides is 3. The van der Waals surface area contributed by atoms with Gasteiger partial charge >= 0.3 is 12.0 Å². The molecule has 118 valence electrons. The van der Waals surface area contributed by atoms with Crippen molar-refractivity contribution in [2.24, 2.45) is 0 Å². The normalized spacial score (nSPS) is 15.5. The van der Waals surface area contributed by atoms with Gasteiger partial charge in [0.1, 0.15) is 5.60 Å². The van der Waals surface area contributed by atoms with E-state index in [1.54, 1.807) is 39.0 Å². The third kappa shape index (κ3) is 3.63. The molecule has 22 heavy (non-hydrogen) atoms. The van der Waals surface area contributed by atoms with Gasteiger partial charge in [0.15, 0.2) is 0 Å². The molecule has 1 aliphatic rings. The number of ether oxygens (including phenoxy) is 1. The van der Waals surface area contributed by atoms with E-state index in [0.29, 0.717) is 17.8 Å². The van der Waals surface area contributed by atoms with Crippen LogP contribution in [0.2, 0.25) is 0 Å². The quantitative estimate of drug-likeness (QED) is 0.851. The van der Waals surface area contributed by atoms with Crippen LogP contribution in [0.15, 0.2) is 18.2 Å². The number of hydrogen-bond acceptors (Lipinski definition) is 4. The molecule has 0 radical (unpaired) electrons. The Morgan fingerprint density at radius 3 is 2.55 bits per heavy atom. The molecule has 6 nitrogen and oxygen atoms in total. The Kier molecular flexibility index (Phi) is 4.21. The number of rotatable bonds is 2. The topological polar surface area (TPSA) is 75.7 Å². The molecule has 0 atom stereocenters. The second-order valence-electron chi connectivity index (χ2n) is 6.26. The monoisotopic (exact) mass is 304 g/mol. The van der Waals surface area contributed by atoms with E-state index in [2.05, 4.69) is 5.32 Å². The van der Waals surface area contributed by atoms with Crippen molar-refractivity contribution >= 4 is 23.6 Å². The number of carbonyl (C=O) groups is 3. The van der Waals surface area contributed by atoms with E-state index in [4.69, 9.17) is 4.74 Å². The zero-order valence-corrected chi connectivity index (χ0v) is 13.2. The third-order valence-corrected chi connectivity index (χ3v) is 3.19. The minimum atomic E-state index is -0.586. The van der Waals surface area contributed by atoms with Gasteiger partial charge in [-0.15, -0.1) is 0 Å². The largest absolute Gasteiger partial charge is 0.456 e. The molecule has 2 rings (SSSR count). The molecule has 0 aliphatic carbocycles. The third-order valence-electron chi connectivity index (χ3n) is 3.19. The summed E-state index contributed by atoms with van der Waals surface area (Å²) in [6.45, 7) is 7.53. The first kappa shape index (κ1) is 16.0. The SMILES string of the molecule is Cc1ccc(C(=O)OC(C)(C)C)cc1N1CCC(=O)NC1=O. The van der Waals surface area contributed by atoms with Crippen molar-refractivity contribution in [1.82, 2.24) is 5.32 Å². The van der Waals surface area contributed by atoms with Crippen LogP contribution in [0.3, 0.4) is 0 Å². The summed E-state index contributed by atoms with van der Waals surface area (Å²) in [6, 6.07) is 4.58. The summed E-state index contributed by atoms with van der Waals surface area (Å²) < 4.78 is 5.34. The van der Waals surface area contributed by atoms with Crippen molar-refractivity contribution in [3.05, 3.63) is 29.3 Å². The van der Waals surface area contributed by atoms with E-state index in [1.165, 1.54) is 4.90 Å². The highest BCUT2D eigenvalue weighted by molar-refractivity contribution is 6.06. The van der Waals surface area contributed by atoms with Crippen LogP contribution in [-0.4, -0.2) is 30.1 Å². The zero-order valence-electron chi connectivity index (χ0n) is 13.2. The van der Waals surface area contributed by atoms with Crippen molar-refractivity contribution in [3.8, 4) is 0 Å². The number of aryl methyl sites for hydroxylation is 1. The van der Waals surface area contributed by atoms with E-state index >= 15 is 0 Å². The first-order valence-corrected chi connectivity index (χ1v) is 7.13. The smallest absolute Gasteiger partial charge is 0.338 e.